The molecule has 0 amide bonds. The first-order chi connectivity index (χ1) is 10.4. The Kier molecular flexibility index (Phi) is 14.2. The van der Waals surface area contributed by atoms with Gasteiger partial charge in [0.05, 0.1) is 19.8 Å². The van der Waals surface area contributed by atoms with Gasteiger partial charge in [0, 0.05) is 24.8 Å². The van der Waals surface area contributed by atoms with Crippen LogP contribution in [0.15, 0.2) is 24.3 Å². The number of unbranched alkanes of at least 4 members (excludes halogenated alkanes) is 1. The van der Waals surface area contributed by atoms with E-state index in [-0.39, 0.29) is 0 Å². The first-order valence-corrected chi connectivity index (χ1v) is 8.06. The Morgan fingerprint density at radius 3 is 2.52 bits per heavy atom. The van der Waals surface area contributed by atoms with Crippen LogP contribution in [0.25, 0.3) is 0 Å². The first-order valence-electron chi connectivity index (χ1n) is 8.06. The smallest absolute Gasteiger partial charge is 0.121 e. The second-order valence-electron chi connectivity index (χ2n) is 4.37. The van der Waals surface area contributed by atoms with E-state index in [4.69, 9.17) is 9.47 Å². The molecular formula is C17H32N2O2. The lowest BCUT2D eigenvalue weighted by Crippen LogP contribution is -2.17. The van der Waals surface area contributed by atoms with Gasteiger partial charge in [0.25, 0.3) is 0 Å². The molecule has 0 aliphatic carbocycles. The fourth-order valence-corrected chi connectivity index (χ4v) is 1.57. The second-order valence-corrected chi connectivity index (χ2v) is 4.37. The van der Waals surface area contributed by atoms with Crippen LogP contribution in [-0.4, -0.2) is 40.0 Å². The molecule has 0 bridgehead atoms. The van der Waals surface area contributed by atoms with Crippen LogP contribution in [0, 0.1) is 0 Å². The number of nitrogens with one attached hydrogen (secondary N) is 2. The van der Waals surface area contributed by atoms with Gasteiger partial charge in [-0.1, -0.05) is 33.3 Å². The second kappa shape index (κ2) is 15.1. The van der Waals surface area contributed by atoms with Gasteiger partial charge in [-0.3, -0.25) is 0 Å². The van der Waals surface area contributed by atoms with Crippen molar-refractivity contribution in [3.05, 3.63) is 24.3 Å². The molecule has 0 heterocycles. The van der Waals surface area contributed by atoms with E-state index in [1.807, 2.05) is 45.2 Å². The molecule has 0 aliphatic heterocycles. The molecule has 0 saturated heterocycles. The van der Waals surface area contributed by atoms with Crippen LogP contribution >= 0.6 is 0 Å². The van der Waals surface area contributed by atoms with Crippen molar-refractivity contribution in [3.63, 3.8) is 0 Å². The highest BCUT2D eigenvalue weighted by molar-refractivity contribution is 5.48. The third-order valence-electron chi connectivity index (χ3n) is 2.67. The predicted molar refractivity (Wildman–Crippen MR) is 91.4 cm³/mol. The van der Waals surface area contributed by atoms with Gasteiger partial charge in [0.2, 0.25) is 0 Å². The van der Waals surface area contributed by atoms with Crippen LogP contribution in [0.2, 0.25) is 0 Å². The van der Waals surface area contributed by atoms with Crippen molar-refractivity contribution in [3.8, 4) is 5.75 Å². The van der Waals surface area contributed by atoms with Crippen LogP contribution in [0.4, 0.5) is 5.69 Å². The molecule has 0 saturated carbocycles. The van der Waals surface area contributed by atoms with Crippen molar-refractivity contribution in [2.75, 3.05) is 45.3 Å². The molecule has 2 N–H and O–H groups in total. The summed E-state index contributed by atoms with van der Waals surface area (Å²) in [4.78, 5) is 0. The standard InChI is InChI=1S/C15H26N2O2.C2H6/c1-3-4-10-19-15-7-5-6-14(13-15)17-9-12-18-11-8-16-2;1-2/h5-7,13,16-17H,3-4,8-12H2,1-2H3;1-2H3. The molecule has 1 aromatic rings. The Balaban J connectivity index is 0.00000191. The number of rotatable bonds is 11. The lowest BCUT2D eigenvalue weighted by atomic mass is 10.3. The van der Waals surface area contributed by atoms with Gasteiger partial charge in [-0.05, 0) is 25.6 Å². The highest BCUT2D eigenvalue weighted by Crippen LogP contribution is 2.17. The third-order valence-corrected chi connectivity index (χ3v) is 2.67. The van der Waals surface area contributed by atoms with E-state index in [0.29, 0.717) is 6.61 Å². The van der Waals surface area contributed by atoms with Gasteiger partial charge in [-0.15, -0.1) is 0 Å². The Bertz CT molecular complexity index is 332. The third kappa shape index (κ3) is 11.1. The lowest BCUT2D eigenvalue weighted by molar-refractivity contribution is 0.147. The predicted octanol–water partition coefficient (Wildman–Crippen LogP) is 3.54. The molecule has 4 heteroatoms. The Morgan fingerprint density at radius 1 is 1.05 bits per heavy atom. The highest BCUT2D eigenvalue weighted by atomic mass is 16.5. The van der Waals surface area contributed by atoms with Crippen molar-refractivity contribution in [2.45, 2.75) is 33.6 Å². The summed E-state index contributed by atoms with van der Waals surface area (Å²) in [5.41, 5.74) is 1.08. The monoisotopic (exact) mass is 296 g/mol. The Labute approximate surface area is 130 Å². The van der Waals surface area contributed by atoms with Crippen LogP contribution < -0.4 is 15.4 Å². The summed E-state index contributed by atoms with van der Waals surface area (Å²) in [5, 5.41) is 6.37. The fraction of sp³-hybridized carbons (Fsp3) is 0.647. The van der Waals surface area contributed by atoms with Gasteiger partial charge in [-0.25, -0.2) is 0 Å². The Hall–Kier alpha value is -1.26. The molecule has 1 aromatic carbocycles. The molecule has 21 heavy (non-hydrogen) atoms. The van der Waals surface area contributed by atoms with E-state index in [2.05, 4.69) is 17.6 Å². The molecule has 122 valence electrons. The topological polar surface area (TPSA) is 42.5 Å². The van der Waals surface area contributed by atoms with Gasteiger partial charge < -0.3 is 20.1 Å². The van der Waals surface area contributed by atoms with E-state index < -0.39 is 0 Å². The zero-order valence-electron chi connectivity index (χ0n) is 14.1. The zero-order valence-corrected chi connectivity index (χ0v) is 14.1. The van der Waals surface area contributed by atoms with Crippen LogP contribution in [0.3, 0.4) is 0 Å². The minimum absolute atomic E-state index is 0.711. The van der Waals surface area contributed by atoms with Gasteiger partial charge in [0.1, 0.15) is 5.75 Å². The molecule has 0 radical (unpaired) electrons. The Morgan fingerprint density at radius 2 is 1.81 bits per heavy atom. The molecule has 0 atom stereocenters. The summed E-state index contributed by atoms with van der Waals surface area (Å²) < 4.78 is 11.1. The van der Waals surface area contributed by atoms with Crippen molar-refractivity contribution in [1.29, 1.82) is 0 Å². The zero-order chi connectivity index (χ0) is 15.8. The minimum Gasteiger partial charge on any atom is -0.494 e. The van der Waals surface area contributed by atoms with Crippen molar-refractivity contribution < 1.29 is 9.47 Å². The maximum atomic E-state index is 5.67. The molecule has 4 nitrogen and oxygen atoms in total. The lowest BCUT2D eigenvalue weighted by Gasteiger charge is -2.10. The van der Waals surface area contributed by atoms with Crippen molar-refractivity contribution in [1.82, 2.24) is 5.32 Å². The summed E-state index contributed by atoms with van der Waals surface area (Å²) in [6.07, 6.45) is 2.25. The largest absolute Gasteiger partial charge is 0.494 e. The molecule has 0 spiro atoms. The van der Waals surface area contributed by atoms with Gasteiger partial charge in [-0.2, -0.15) is 0 Å². The normalized spacial score (nSPS) is 9.71. The van der Waals surface area contributed by atoms with Crippen LogP contribution in [-0.2, 0) is 4.74 Å². The van der Waals surface area contributed by atoms with E-state index in [1.54, 1.807) is 0 Å². The van der Waals surface area contributed by atoms with Crippen LogP contribution in [0.1, 0.15) is 33.6 Å². The molecule has 0 unspecified atom stereocenters. The van der Waals surface area contributed by atoms with Gasteiger partial charge in [0.15, 0.2) is 0 Å². The number of ether oxygens (including phenoxy) is 2. The summed E-state index contributed by atoms with van der Waals surface area (Å²) in [7, 11) is 1.92. The number of hydrogen-bond acceptors (Lipinski definition) is 4. The molecule has 0 aromatic heterocycles. The summed E-state index contributed by atoms with van der Waals surface area (Å²) in [6.45, 7) is 10.1. The maximum Gasteiger partial charge on any atom is 0.121 e. The van der Waals surface area contributed by atoms with Crippen molar-refractivity contribution >= 4 is 5.69 Å². The molecule has 0 aliphatic rings. The molecule has 1 rings (SSSR count). The summed E-state index contributed by atoms with van der Waals surface area (Å²) in [5.74, 6) is 0.926. The number of anilines is 1. The van der Waals surface area contributed by atoms with E-state index in [9.17, 15) is 0 Å². The van der Waals surface area contributed by atoms with Gasteiger partial charge >= 0.3 is 0 Å². The summed E-state index contributed by atoms with van der Waals surface area (Å²) in [6, 6.07) is 8.07. The average molecular weight is 296 g/mol. The number of benzene rings is 1. The molecule has 0 fully saturated rings. The van der Waals surface area contributed by atoms with E-state index in [1.165, 1.54) is 0 Å². The quantitative estimate of drug-likeness (QED) is 0.613. The van der Waals surface area contributed by atoms with Crippen molar-refractivity contribution in [2.24, 2.45) is 0 Å². The first kappa shape index (κ1) is 19.7. The van der Waals surface area contributed by atoms with Crippen LogP contribution in [0.5, 0.6) is 5.75 Å². The van der Waals surface area contributed by atoms with E-state index >= 15 is 0 Å². The van der Waals surface area contributed by atoms with E-state index in [0.717, 1.165) is 50.6 Å². The average Bonchev–Trinajstić information content (AvgIpc) is 2.53. The minimum atomic E-state index is 0.711. The summed E-state index contributed by atoms with van der Waals surface area (Å²) >= 11 is 0. The highest BCUT2D eigenvalue weighted by Gasteiger charge is 1.96. The SMILES string of the molecule is CC.CCCCOc1cccc(NCCOCCNC)c1. The molecular weight excluding hydrogens is 264 g/mol. The number of likely N-dealkylation sites (N-methyl/N-ethyl adjacent to an activating group) is 1. The maximum absolute atomic E-state index is 5.67. The number of hydrogen-bond donors (Lipinski definition) is 2. The fourth-order valence-electron chi connectivity index (χ4n) is 1.57.